The molecular weight excluding hydrogens is 407 g/mol. The molecule has 1 aliphatic heterocycles. The molecule has 2 aliphatic rings. The number of carbonyl (C=O) groups excluding carboxylic acids is 1. The van der Waals surface area contributed by atoms with Gasteiger partial charge < -0.3 is 15.4 Å². The van der Waals surface area contributed by atoms with Gasteiger partial charge in [-0.25, -0.2) is 4.39 Å². The fourth-order valence-electron chi connectivity index (χ4n) is 3.97. The van der Waals surface area contributed by atoms with E-state index in [1.165, 1.54) is 6.07 Å². The summed E-state index contributed by atoms with van der Waals surface area (Å²) in [5.74, 6) is -0.378. The largest absolute Gasteiger partial charge is 0.367 e. The van der Waals surface area contributed by atoms with Crippen LogP contribution in [-0.4, -0.2) is 37.7 Å². The number of amides is 1. The zero-order valence-electron chi connectivity index (χ0n) is 17.7. The van der Waals surface area contributed by atoms with E-state index in [-0.39, 0.29) is 12.3 Å². The van der Waals surface area contributed by atoms with Gasteiger partial charge >= 0.3 is 0 Å². The number of hydrogen-bond acceptors (Lipinski definition) is 5. The molecule has 6 nitrogen and oxygen atoms in total. The van der Waals surface area contributed by atoms with Crippen LogP contribution in [0.1, 0.15) is 41.9 Å². The summed E-state index contributed by atoms with van der Waals surface area (Å²) in [5.41, 5.74) is 3.63. The fraction of sp³-hybridized carbons (Fsp3) is 0.400. The zero-order valence-corrected chi connectivity index (χ0v) is 17.7. The maximum atomic E-state index is 14.9. The molecule has 164 valence electrons. The van der Waals surface area contributed by atoms with Crippen molar-refractivity contribution in [2.45, 2.75) is 43.7 Å². The van der Waals surface area contributed by atoms with E-state index in [4.69, 9.17) is 4.74 Å². The Morgan fingerprint density at radius 3 is 2.72 bits per heavy atom. The topological polar surface area (TPSA) is 97.9 Å². The Hall–Kier alpha value is -3.26. The molecule has 2 N–H and O–H groups in total. The first-order valence-electron chi connectivity index (χ1n) is 10.9. The first-order chi connectivity index (χ1) is 15.6. The number of carbonyl (C=O) groups is 1. The molecule has 2 atom stereocenters. The molecule has 2 fully saturated rings. The molecule has 0 aromatic heterocycles. The van der Waals surface area contributed by atoms with Gasteiger partial charge in [-0.05, 0) is 72.2 Å². The molecule has 1 saturated heterocycles. The number of rotatable bonds is 6. The molecule has 0 bridgehead atoms. The van der Waals surface area contributed by atoms with E-state index in [9.17, 15) is 19.7 Å². The summed E-state index contributed by atoms with van der Waals surface area (Å²) in [6.45, 7) is 1.65. The Labute approximate surface area is 187 Å². The highest BCUT2D eigenvalue weighted by atomic mass is 19.1. The Morgan fingerprint density at radius 1 is 1.22 bits per heavy atom. The summed E-state index contributed by atoms with van der Waals surface area (Å²) in [6.07, 6.45) is 2.39. The van der Waals surface area contributed by atoms with E-state index < -0.39 is 18.0 Å². The number of nitriles is 2. The monoisotopic (exact) mass is 432 g/mol. The first kappa shape index (κ1) is 22.0. The molecule has 1 heterocycles. The molecule has 1 amide bonds. The molecule has 0 spiro atoms. The standard InChI is InChI=1S/C25H25FN4O2/c26-23-12-18(17-5-7-20(13-27)22(11-17)16-2-3-16)4-6-19(23)10-21(14-28)30-25(31)24-15-29-8-1-9-32-24/h4-7,11-12,16,21,24,29H,1-3,8-10,15H2,(H,30,31)/t21-,24?/m0/s1. The molecule has 0 radical (unpaired) electrons. The highest BCUT2D eigenvalue weighted by molar-refractivity contribution is 5.81. The van der Waals surface area contributed by atoms with Crippen molar-refractivity contribution in [1.29, 1.82) is 10.5 Å². The average Bonchev–Trinajstić information content (AvgIpc) is 3.66. The van der Waals surface area contributed by atoms with Crippen LogP contribution in [0, 0.1) is 28.5 Å². The van der Waals surface area contributed by atoms with Crippen LogP contribution in [0.3, 0.4) is 0 Å². The van der Waals surface area contributed by atoms with Crippen LogP contribution in [0.5, 0.6) is 0 Å². The van der Waals surface area contributed by atoms with Crippen LogP contribution in [0.2, 0.25) is 0 Å². The number of nitrogens with one attached hydrogen (secondary N) is 2. The van der Waals surface area contributed by atoms with Crippen molar-refractivity contribution < 1.29 is 13.9 Å². The van der Waals surface area contributed by atoms with Gasteiger partial charge in [0.05, 0.1) is 17.7 Å². The van der Waals surface area contributed by atoms with Crippen molar-refractivity contribution >= 4 is 5.91 Å². The van der Waals surface area contributed by atoms with Gasteiger partial charge in [-0.2, -0.15) is 10.5 Å². The van der Waals surface area contributed by atoms with Crippen LogP contribution in [0.15, 0.2) is 36.4 Å². The lowest BCUT2D eigenvalue weighted by molar-refractivity contribution is -0.132. The Kier molecular flexibility index (Phi) is 6.80. The van der Waals surface area contributed by atoms with Gasteiger partial charge in [0.2, 0.25) is 0 Å². The number of benzene rings is 2. The number of halogens is 1. The van der Waals surface area contributed by atoms with Crippen LogP contribution in [0.4, 0.5) is 4.39 Å². The molecule has 1 saturated carbocycles. The van der Waals surface area contributed by atoms with Gasteiger partial charge in [-0.15, -0.1) is 0 Å². The molecule has 2 aromatic carbocycles. The minimum Gasteiger partial charge on any atom is -0.367 e. The van der Waals surface area contributed by atoms with Gasteiger partial charge in [-0.1, -0.05) is 18.2 Å². The van der Waals surface area contributed by atoms with E-state index in [0.29, 0.717) is 35.8 Å². The van der Waals surface area contributed by atoms with Crippen molar-refractivity contribution in [1.82, 2.24) is 10.6 Å². The van der Waals surface area contributed by atoms with E-state index in [1.54, 1.807) is 12.1 Å². The number of ether oxygens (including phenoxy) is 1. The van der Waals surface area contributed by atoms with Crippen molar-refractivity contribution in [2.75, 3.05) is 19.7 Å². The van der Waals surface area contributed by atoms with Gasteiger partial charge in [0.25, 0.3) is 5.91 Å². The molecule has 4 rings (SSSR count). The third-order valence-electron chi connectivity index (χ3n) is 5.91. The van der Waals surface area contributed by atoms with Gasteiger partial charge in [0.1, 0.15) is 18.0 Å². The van der Waals surface area contributed by atoms with Crippen molar-refractivity contribution in [3.8, 4) is 23.3 Å². The Morgan fingerprint density at radius 2 is 2.00 bits per heavy atom. The predicted molar refractivity (Wildman–Crippen MR) is 117 cm³/mol. The number of nitrogens with zero attached hydrogens (tertiary/aromatic N) is 2. The maximum Gasteiger partial charge on any atom is 0.251 e. The Bertz CT molecular complexity index is 1080. The van der Waals surface area contributed by atoms with Crippen molar-refractivity contribution in [2.24, 2.45) is 0 Å². The molecule has 2 aromatic rings. The average molecular weight is 432 g/mol. The molecule has 32 heavy (non-hydrogen) atoms. The second kappa shape index (κ2) is 9.91. The Balaban J connectivity index is 1.46. The van der Waals surface area contributed by atoms with E-state index in [0.717, 1.165) is 36.9 Å². The molecule has 1 unspecified atom stereocenters. The van der Waals surface area contributed by atoms with Crippen molar-refractivity contribution in [3.05, 3.63) is 58.9 Å². The second-order valence-electron chi connectivity index (χ2n) is 8.31. The highest BCUT2D eigenvalue weighted by Gasteiger charge is 2.27. The van der Waals surface area contributed by atoms with E-state index >= 15 is 0 Å². The zero-order chi connectivity index (χ0) is 22.5. The number of hydrogen-bond donors (Lipinski definition) is 2. The summed E-state index contributed by atoms with van der Waals surface area (Å²) in [6, 6.07) is 13.9. The predicted octanol–water partition coefficient (Wildman–Crippen LogP) is 3.17. The van der Waals surface area contributed by atoms with Crippen LogP contribution >= 0.6 is 0 Å². The third-order valence-corrected chi connectivity index (χ3v) is 5.91. The molecular formula is C25H25FN4O2. The summed E-state index contributed by atoms with van der Waals surface area (Å²) in [4.78, 5) is 12.4. The van der Waals surface area contributed by atoms with Gasteiger partial charge in [0.15, 0.2) is 0 Å². The van der Waals surface area contributed by atoms with Gasteiger partial charge in [0, 0.05) is 19.6 Å². The quantitative estimate of drug-likeness (QED) is 0.731. The normalized spacial score (nSPS) is 19.3. The lowest BCUT2D eigenvalue weighted by Crippen LogP contribution is -2.46. The van der Waals surface area contributed by atoms with E-state index in [2.05, 4.69) is 16.7 Å². The summed E-state index contributed by atoms with van der Waals surface area (Å²) in [5, 5.41) is 24.6. The lowest BCUT2D eigenvalue weighted by Gasteiger charge is -2.18. The fourth-order valence-corrected chi connectivity index (χ4v) is 3.97. The van der Waals surface area contributed by atoms with Crippen LogP contribution in [-0.2, 0) is 16.0 Å². The van der Waals surface area contributed by atoms with E-state index in [1.807, 2.05) is 24.3 Å². The minimum atomic E-state index is -0.855. The summed E-state index contributed by atoms with van der Waals surface area (Å²) >= 11 is 0. The first-order valence-corrected chi connectivity index (χ1v) is 10.9. The van der Waals surface area contributed by atoms with Crippen LogP contribution < -0.4 is 10.6 Å². The smallest absolute Gasteiger partial charge is 0.251 e. The highest BCUT2D eigenvalue weighted by Crippen LogP contribution is 2.42. The van der Waals surface area contributed by atoms with Crippen LogP contribution in [0.25, 0.3) is 11.1 Å². The van der Waals surface area contributed by atoms with Crippen molar-refractivity contribution in [3.63, 3.8) is 0 Å². The SMILES string of the molecule is N#Cc1ccc(-c2ccc(C[C@@H](C#N)NC(=O)C3CNCCCO3)c(F)c2)cc1C1CC1. The lowest BCUT2D eigenvalue weighted by atomic mass is 9.95. The van der Waals surface area contributed by atoms with Gasteiger partial charge in [-0.3, -0.25) is 4.79 Å². The molecule has 1 aliphatic carbocycles. The third kappa shape index (κ3) is 5.13. The summed E-state index contributed by atoms with van der Waals surface area (Å²) < 4.78 is 20.4. The minimum absolute atomic E-state index is 0.0647. The molecule has 7 heteroatoms. The second-order valence-corrected chi connectivity index (χ2v) is 8.31. The summed E-state index contributed by atoms with van der Waals surface area (Å²) in [7, 11) is 0. The maximum absolute atomic E-state index is 14.9.